The fourth-order valence-corrected chi connectivity index (χ4v) is 1.76. The smallest absolute Gasteiger partial charge is 0.317 e. The third-order valence-electron chi connectivity index (χ3n) is 2.94. The van der Waals surface area contributed by atoms with Crippen LogP contribution in [0, 0.1) is 5.92 Å². The summed E-state index contributed by atoms with van der Waals surface area (Å²) < 4.78 is 5.11. The molecule has 0 atom stereocenters. The van der Waals surface area contributed by atoms with E-state index in [0.717, 1.165) is 19.5 Å². The van der Waals surface area contributed by atoms with Gasteiger partial charge in [0.15, 0.2) is 0 Å². The summed E-state index contributed by atoms with van der Waals surface area (Å²) in [6.07, 6.45) is 3.41. The highest BCUT2D eigenvalue weighted by Crippen LogP contribution is 2.29. The number of carbonyl (C=O) groups is 2. The number of carbonyl (C=O) groups excluding carboxylic acids is 1. The Morgan fingerprint density at radius 2 is 2.11 bits per heavy atom. The molecule has 0 bridgehead atoms. The number of ether oxygens (including phenoxy) is 1. The summed E-state index contributed by atoms with van der Waals surface area (Å²) in [6.45, 7) is 4.64. The predicted octanol–water partition coefficient (Wildman–Crippen LogP) is 1.31. The van der Waals surface area contributed by atoms with Crippen LogP contribution < -0.4 is 5.32 Å². The van der Waals surface area contributed by atoms with E-state index in [1.54, 1.807) is 0 Å². The van der Waals surface area contributed by atoms with E-state index in [1.165, 1.54) is 12.8 Å². The van der Waals surface area contributed by atoms with E-state index in [0.29, 0.717) is 19.1 Å². The first kappa shape index (κ1) is 15.8. The van der Waals surface area contributed by atoms with E-state index in [9.17, 15) is 9.59 Å². The molecule has 1 fully saturated rings. The van der Waals surface area contributed by atoms with Gasteiger partial charge in [-0.1, -0.05) is 6.92 Å². The normalized spacial score (nSPS) is 14.2. The number of carboxylic acids is 1. The summed E-state index contributed by atoms with van der Waals surface area (Å²) in [5, 5.41) is 11.2. The maximum atomic E-state index is 11.9. The topological polar surface area (TPSA) is 78.9 Å². The van der Waals surface area contributed by atoms with Crippen molar-refractivity contribution in [1.29, 1.82) is 0 Å². The van der Waals surface area contributed by atoms with Gasteiger partial charge in [0.25, 0.3) is 0 Å². The van der Waals surface area contributed by atoms with E-state index in [-0.39, 0.29) is 19.1 Å². The third-order valence-corrected chi connectivity index (χ3v) is 2.94. The summed E-state index contributed by atoms with van der Waals surface area (Å²) in [5.74, 6) is -0.188. The molecule has 2 amide bonds. The van der Waals surface area contributed by atoms with E-state index in [1.807, 2.05) is 4.90 Å². The standard InChI is InChI=1S/C13H24N2O4/c1-2-7-15(10-11-3-4-11)13(18)14-6-9-19-8-5-12(16)17/h11H,2-10H2,1H3,(H,14,18)(H,16,17). The van der Waals surface area contributed by atoms with Gasteiger partial charge in [0.2, 0.25) is 0 Å². The van der Waals surface area contributed by atoms with Gasteiger partial charge in [-0.3, -0.25) is 4.79 Å². The third kappa shape index (κ3) is 7.66. The highest BCUT2D eigenvalue weighted by atomic mass is 16.5. The van der Waals surface area contributed by atoms with Crippen molar-refractivity contribution in [1.82, 2.24) is 10.2 Å². The van der Waals surface area contributed by atoms with E-state index >= 15 is 0 Å². The number of urea groups is 1. The summed E-state index contributed by atoms with van der Waals surface area (Å²) in [7, 11) is 0. The van der Waals surface area contributed by atoms with Crippen molar-refractivity contribution in [2.24, 2.45) is 5.92 Å². The molecule has 110 valence electrons. The number of amides is 2. The van der Waals surface area contributed by atoms with Crippen molar-refractivity contribution in [3.8, 4) is 0 Å². The van der Waals surface area contributed by atoms with Crippen molar-refractivity contribution < 1.29 is 19.4 Å². The molecule has 0 aromatic carbocycles. The average molecular weight is 272 g/mol. The molecular formula is C13H24N2O4. The van der Waals surface area contributed by atoms with Gasteiger partial charge in [-0.25, -0.2) is 4.79 Å². The Morgan fingerprint density at radius 1 is 1.37 bits per heavy atom. The van der Waals surface area contributed by atoms with Gasteiger partial charge in [-0.2, -0.15) is 0 Å². The zero-order chi connectivity index (χ0) is 14.1. The highest BCUT2D eigenvalue weighted by Gasteiger charge is 2.26. The summed E-state index contributed by atoms with van der Waals surface area (Å²) in [6, 6.07) is -0.0458. The maximum absolute atomic E-state index is 11.9. The van der Waals surface area contributed by atoms with Gasteiger partial charge in [0, 0.05) is 19.6 Å². The minimum Gasteiger partial charge on any atom is -0.481 e. The SMILES string of the molecule is CCCN(CC1CC1)C(=O)NCCOCCC(=O)O. The second-order valence-corrected chi connectivity index (χ2v) is 4.88. The van der Waals surface area contributed by atoms with Crippen molar-refractivity contribution >= 4 is 12.0 Å². The van der Waals surface area contributed by atoms with Crippen LogP contribution in [0.4, 0.5) is 4.79 Å². The predicted molar refractivity (Wildman–Crippen MR) is 71.1 cm³/mol. The molecular weight excluding hydrogens is 248 g/mol. The zero-order valence-corrected chi connectivity index (χ0v) is 11.6. The largest absolute Gasteiger partial charge is 0.481 e. The number of rotatable bonds is 10. The van der Waals surface area contributed by atoms with Gasteiger partial charge in [0.1, 0.15) is 0 Å². The lowest BCUT2D eigenvalue weighted by Crippen LogP contribution is -2.42. The molecule has 0 saturated heterocycles. The first-order chi connectivity index (χ1) is 9.13. The lowest BCUT2D eigenvalue weighted by molar-refractivity contribution is -0.138. The van der Waals surface area contributed by atoms with Crippen molar-refractivity contribution in [2.45, 2.75) is 32.6 Å². The fourth-order valence-electron chi connectivity index (χ4n) is 1.76. The van der Waals surface area contributed by atoms with E-state index in [2.05, 4.69) is 12.2 Å². The molecule has 6 heteroatoms. The minimum atomic E-state index is -0.873. The molecule has 0 aromatic rings. The second kappa shape index (κ2) is 8.74. The second-order valence-electron chi connectivity index (χ2n) is 4.88. The Balaban J connectivity index is 2.08. The summed E-state index contributed by atoms with van der Waals surface area (Å²) in [4.78, 5) is 24.0. The maximum Gasteiger partial charge on any atom is 0.317 e. The number of aliphatic carboxylic acids is 1. The van der Waals surface area contributed by atoms with Crippen LogP contribution in [-0.4, -0.2) is 54.9 Å². The Bertz CT molecular complexity index is 292. The number of hydrogen-bond acceptors (Lipinski definition) is 3. The van der Waals surface area contributed by atoms with Gasteiger partial charge < -0.3 is 20.1 Å². The molecule has 1 aliphatic carbocycles. The van der Waals surface area contributed by atoms with Gasteiger partial charge in [-0.05, 0) is 25.2 Å². The average Bonchev–Trinajstić information content (AvgIpc) is 3.16. The Hall–Kier alpha value is -1.30. The highest BCUT2D eigenvalue weighted by molar-refractivity contribution is 5.74. The van der Waals surface area contributed by atoms with Crippen LogP contribution >= 0.6 is 0 Å². The van der Waals surface area contributed by atoms with Crippen LogP contribution in [0.15, 0.2) is 0 Å². The van der Waals surface area contributed by atoms with Crippen molar-refractivity contribution in [3.05, 3.63) is 0 Å². The molecule has 2 N–H and O–H groups in total. The van der Waals surface area contributed by atoms with Gasteiger partial charge >= 0.3 is 12.0 Å². The van der Waals surface area contributed by atoms with Crippen LogP contribution in [-0.2, 0) is 9.53 Å². The molecule has 19 heavy (non-hydrogen) atoms. The number of hydrogen-bond donors (Lipinski definition) is 2. The van der Waals surface area contributed by atoms with Crippen molar-refractivity contribution in [3.63, 3.8) is 0 Å². The molecule has 1 aliphatic rings. The molecule has 6 nitrogen and oxygen atoms in total. The van der Waals surface area contributed by atoms with Crippen LogP contribution in [0.2, 0.25) is 0 Å². The zero-order valence-electron chi connectivity index (χ0n) is 11.6. The Kier molecular flexibility index (Phi) is 7.25. The van der Waals surface area contributed by atoms with Crippen LogP contribution in [0.25, 0.3) is 0 Å². The van der Waals surface area contributed by atoms with Crippen LogP contribution in [0.1, 0.15) is 32.6 Å². The molecule has 0 aromatic heterocycles. The fraction of sp³-hybridized carbons (Fsp3) is 0.846. The summed E-state index contributed by atoms with van der Waals surface area (Å²) in [5.41, 5.74) is 0. The first-order valence-electron chi connectivity index (χ1n) is 6.95. The lowest BCUT2D eigenvalue weighted by atomic mass is 10.3. The monoisotopic (exact) mass is 272 g/mol. The Labute approximate surface area is 114 Å². The van der Waals surface area contributed by atoms with E-state index < -0.39 is 5.97 Å². The van der Waals surface area contributed by atoms with Crippen LogP contribution in [0.3, 0.4) is 0 Å². The molecule has 0 unspecified atom stereocenters. The molecule has 0 aliphatic heterocycles. The minimum absolute atomic E-state index is 0.00239. The molecule has 1 saturated carbocycles. The van der Waals surface area contributed by atoms with Crippen LogP contribution in [0.5, 0.6) is 0 Å². The molecule has 0 spiro atoms. The van der Waals surface area contributed by atoms with E-state index in [4.69, 9.17) is 9.84 Å². The van der Waals surface area contributed by atoms with Gasteiger partial charge in [0.05, 0.1) is 19.6 Å². The molecule has 0 heterocycles. The molecule has 0 radical (unpaired) electrons. The first-order valence-corrected chi connectivity index (χ1v) is 6.95. The number of carboxylic acid groups (broad SMARTS) is 1. The quantitative estimate of drug-likeness (QED) is 0.588. The van der Waals surface area contributed by atoms with Gasteiger partial charge in [-0.15, -0.1) is 0 Å². The lowest BCUT2D eigenvalue weighted by Gasteiger charge is -2.22. The van der Waals surface area contributed by atoms with Crippen molar-refractivity contribution in [2.75, 3.05) is 32.8 Å². The number of nitrogens with zero attached hydrogens (tertiary/aromatic N) is 1. The number of nitrogens with one attached hydrogen (secondary N) is 1. The Morgan fingerprint density at radius 3 is 2.68 bits per heavy atom. The summed E-state index contributed by atoms with van der Waals surface area (Å²) >= 11 is 0. The molecule has 1 rings (SSSR count).